The lowest BCUT2D eigenvalue weighted by atomic mass is 9.87. The average Bonchev–Trinajstić information content (AvgIpc) is 2.73. The molecule has 1 aromatic rings. The molecule has 0 bridgehead atoms. The van der Waals surface area contributed by atoms with Gasteiger partial charge in [0.05, 0.1) is 6.10 Å². The van der Waals surface area contributed by atoms with Crippen molar-refractivity contribution in [3.63, 3.8) is 0 Å². The van der Waals surface area contributed by atoms with Crippen LogP contribution in [0.1, 0.15) is 32.2 Å². The number of rotatable bonds is 5. The fraction of sp³-hybridized carbons (Fsp3) is 0.727. The number of nitrogens with one attached hydrogen (secondary N) is 2. The van der Waals surface area contributed by atoms with Crippen molar-refractivity contribution in [2.75, 3.05) is 11.9 Å². The first-order valence-electron chi connectivity index (χ1n) is 6.13. The van der Waals surface area contributed by atoms with Gasteiger partial charge in [-0.15, -0.1) is 10.2 Å². The highest BCUT2D eigenvalue weighted by atomic mass is 32.1. The zero-order valence-electron chi connectivity index (χ0n) is 11.8. The molecule has 1 atom stereocenters. The fourth-order valence-electron chi connectivity index (χ4n) is 1.72. The predicted molar refractivity (Wildman–Crippen MR) is 72.0 cm³/mol. The first-order chi connectivity index (χ1) is 9.49. The van der Waals surface area contributed by atoms with Crippen molar-refractivity contribution in [1.82, 2.24) is 15.5 Å². The van der Waals surface area contributed by atoms with Crippen LogP contribution in [0, 0.1) is 5.41 Å². The van der Waals surface area contributed by atoms with Crippen molar-refractivity contribution in [1.29, 1.82) is 0 Å². The molecule has 0 aromatic carbocycles. The lowest BCUT2D eigenvalue weighted by Crippen LogP contribution is -2.38. The van der Waals surface area contributed by atoms with Crippen molar-refractivity contribution >= 4 is 22.5 Å². The quantitative estimate of drug-likeness (QED) is 0.776. The van der Waals surface area contributed by atoms with E-state index in [1.165, 1.54) is 0 Å². The number of aliphatic hydroxyl groups is 1. The lowest BCUT2D eigenvalue weighted by Gasteiger charge is -2.26. The molecular formula is C11H17F3N4O2S. The van der Waals surface area contributed by atoms with Crippen LogP contribution < -0.4 is 10.6 Å². The molecule has 0 radical (unpaired) electrons. The van der Waals surface area contributed by atoms with Crippen LogP contribution in [-0.4, -0.2) is 34.0 Å². The second-order valence-corrected chi connectivity index (χ2v) is 6.41. The van der Waals surface area contributed by atoms with E-state index in [4.69, 9.17) is 0 Å². The Balaban J connectivity index is 2.49. The summed E-state index contributed by atoms with van der Waals surface area (Å²) in [6.07, 6.45) is -4.61. The van der Waals surface area contributed by atoms with Crippen LogP contribution in [0.2, 0.25) is 0 Å². The van der Waals surface area contributed by atoms with Crippen molar-refractivity contribution in [3.8, 4) is 0 Å². The molecule has 0 aliphatic carbocycles. The summed E-state index contributed by atoms with van der Waals surface area (Å²) in [5, 5.41) is 18.9. The van der Waals surface area contributed by atoms with Crippen molar-refractivity contribution < 1.29 is 23.1 Å². The topological polar surface area (TPSA) is 87.1 Å². The first kappa shape index (κ1) is 17.6. The molecule has 21 heavy (non-hydrogen) atoms. The average molecular weight is 326 g/mol. The van der Waals surface area contributed by atoms with E-state index < -0.39 is 23.3 Å². The third-order valence-corrected chi connectivity index (χ3v) is 3.35. The molecule has 1 rings (SSSR count). The molecule has 0 saturated heterocycles. The summed E-state index contributed by atoms with van der Waals surface area (Å²) in [7, 11) is 0. The van der Waals surface area contributed by atoms with Crippen LogP contribution in [0.4, 0.5) is 23.1 Å². The highest BCUT2D eigenvalue weighted by Gasteiger charge is 2.35. The summed E-state index contributed by atoms with van der Waals surface area (Å²) in [5.41, 5.74) is -0.343. The number of amides is 2. The Morgan fingerprint density at radius 3 is 2.48 bits per heavy atom. The minimum absolute atomic E-state index is 0.229. The smallest absolute Gasteiger partial charge is 0.393 e. The number of urea groups is 1. The summed E-state index contributed by atoms with van der Waals surface area (Å²) >= 11 is 0.253. The van der Waals surface area contributed by atoms with Gasteiger partial charge in [-0.25, -0.2) is 4.79 Å². The van der Waals surface area contributed by atoms with Crippen molar-refractivity contribution in [3.05, 3.63) is 5.01 Å². The van der Waals surface area contributed by atoms with E-state index in [-0.39, 0.29) is 28.4 Å². The third kappa shape index (κ3) is 6.25. The van der Waals surface area contributed by atoms with E-state index in [9.17, 15) is 23.1 Å². The van der Waals surface area contributed by atoms with E-state index in [0.29, 0.717) is 6.42 Å². The summed E-state index contributed by atoms with van der Waals surface area (Å²) in [5.74, 6) is 0. The maximum absolute atomic E-state index is 12.3. The maximum atomic E-state index is 12.3. The molecular weight excluding hydrogens is 309 g/mol. The third-order valence-electron chi connectivity index (χ3n) is 2.46. The van der Waals surface area contributed by atoms with Gasteiger partial charge in [0.25, 0.3) is 0 Å². The number of carbonyl (C=O) groups is 1. The van der Waals surface area contributed by atoms with Gasteiger partial charge in [-0.1, -0.05) is 25.2 Å². The molecule has 2 amide bonds. The summed E-state index contributed by atoms with van der Waals surface area (Å²) < 4.78 is 37.0. The largest absolute Gasteiger partial charge is 0.445 e. The Hall–Kier alpha value is -1.42. The first-order valence-corrected chi connectivity index (χ1v) is 6.95. The van der Waals surface area contributed by atoms with E-state index in [1.807, 2.05) is 13.8 Å². The van der Waals surface area contributed by atoms with E-state index >= 15 is 0 Å². The van der Waals surface area contributed by atoms with Crippen LogP contribution in [0.25, 0.3) is 0 Å². The van der Waals surface area contributed by atoms with E-state index in [0.717, 1.165) is 0 Å². The van der Waals surface area contributed by atoms with Gasteiger partial charge >= 0.3 is 12.2 Å². The number of nitrogens with zero attached hydrogens (tertiary/aromatic N) is 2. The number of anilines is 1. The Morgan fingerprint density at radius 2 is 2.00 bits per heavy atom. The van der Waals surface area contributed by atoms with Gasteiger partial charge in [0, 0.05) is 6.54 Å². The normalized spacial score (nSPS) is 13.9. The molecule has 3 N–H and O–H groups in total. The van der Waals surface area contributed by atoms with Gasteiger partial charge in [-0.05, 0) is 18.8 Å². The number of aliphatic hydroxyl groups excluding tert-OH is 1. The highest BCUT2D eigenvalue weighted by molar-refractivity contribution is 7.15. The maximum Gasteiger partial charge on any atom is 0.445 e. The fourth-order valence-corrected chi connectivity index (χ4v) is 2.33. The Labute approximate surface area is 123 Å². The Bertz CT molecular complexity index is 488. The molecule has 0 fully saturated rings. The van der Waals surface area contributed by atoms with Crippen LogP contribution in [0.15, 0.2) is 0 Å². The summed E-state index contributed by atoms with van der Waals surface area (Å²) in [6.45, 7) is 5.61. The van der Waals surface area contributed by atoms with Gasteiger partial charge in [0.2, 0.25) is 10.1 Å². The number of hydrogen-bond acceptors (Lipinski definition) is 5. The molecule has 0 aliphatic rings. The van der Waals surface area contributed by atoms with E-state index in [1.54, 1.807) is 6.92 Å². The highest BCUT2D eigenvalue weighted by Crippen LogP contribution is 2.32. The van der Waals surface area contributed by atoms with Crippen LogP contribution in [0.5, 0.6) is 0 Å². The molecule has 0 aliphatic heterocycles. The molecule has 120 valence electrons. The zero-order chi connectivity index (χ0) is 16.3. The predicted octanol–water partition coefficient (Wildman–Crippen LogP) is 2.48. The van der Waals surface area contributed by atoms with Crippen LogP contribution in [0.3, 0.4) is 0 Å². The molecule has 10 heteroatoms. The standard InChI is InChI=1S/C11H17F3N4O2S/c1-6(19)4-10(2,3)5-15-8(20)16-9-18-17-7(21-9)11(12,13)14/h6,19H,4-5H2,1-3H3,(H2,15,16,18,20). The molecule has 6 nitrogen and oxygen atoms in total. The second-order valence-electron chi connectivity index (χ2n) is 5.44. The van der Waals surface area contributed by atoms with Gasteiger partial charge < -0.3 is 10.4 Å². The van der Waals surface area contributed by atoms with Gasteiger partial charge in [-0.2, -0.15) is 13.2 Å². The number of aromatic nitrogens is 2. The number of alkyl halides is 3. The Morgan fingerprint density at radius 1 is 1.38 bits per heavy atom. The molecule has 0 spiro atoms. The zero-order valence-corrected chi connectivity index (χ0v) is 12.6. The van der Waals surface area contributed by atoms with Gasteiger partial charge in [0.15, 0.2) is 0 Å². The molecule has 1 unspecified atom stereocenters. The van der Waals surface area contributed by atoms with Crippen molar-refractivity contribution in [2.45, 2.75) is 39.5 Å². The Kier molecular flexibility index (Phi) is 5.51. The van der Waals surface area contributed by atoms with Crippen molar-refractivity contribution in [2.24, 2.45) is 5.41 Å². The number of hydrogen-bond donors (Lipinski definition) is 3. The minimum Gasteiger partial charge on any atom is -0.393 e. The monoisotopic (exact) mass is 326 g/mol. The van der Waals surface area contributed by atoms with E-state index in [2.05, 4.69) is 20.8 Å². The molecule has 1 aromatic heterocycles. The van der Waals surface area contributed by atoms with Gasteiger partial charge in [-0.3, -0.25) is 5.32 Å². The van der Waals surface area contributed by atoms with Crippen LogP contribution >= 0.6 is 11.3 Å². The summed E-state index contributed by atoms with van der Waals surface area (Å²) in [6, 6.07) is -0.668. The minimum atomic E-state index is -4.58. The number of carbonyl (C=O) groups excluding carboxylic acids is 1. The lowest BCUT2D eigenvalue weighted by molar-refractivity contribution is -0.138. The van der Waals surface area contributed by atoms with Crippen LogP contribution in [-0.2, 0) is 6.18 Å². The SMILES string of the molecule is CC(O)CC(C)(C)CNC(=O)Nc1nnc(C(F)(F)F)s1. The second kappa shape index (κ2) is 6.56. The number of halogens is 3. The summed E-state index contributed by atoms with van der Waals surface area (Å²) in [4.78, 5) is 11.6. The van der Waals surface area contributed by atoms with Gasteiger partial charge in [0.1, 0.15) is 0 Å². The molecule has 0 saturated carbocycles. The molecule has 1 heterocycles.